The molecule has 0 aliphatic heterocycles. The van der Waals surface area contributed by atoms with Crippen LogP contribution in [0.4, 0.5) is 10.8 Å². The summed E-state index contributed by atoms with van der Waals surface area (Å²) >= 11 is 1.31. The van der Waals surface area contributed by atoms with E-state index in [9.17, 15) is 14.9 Å². The van der Waals surface area contributed by atoms with E-state index in [1.807, 2.05) is 30.3 Å². The third kappa shape index (κ3) is 3.92. The van der Waals surface area contributed by atoms with Crippen molar-refractivity contribution in [3.63, 3.8) is 0 Å². The molecule has 0 saturated heterocycles. The monoisotopic (exact) mass is 368 g/mol. The lowest BCUT2D eigenvalue weighted by atomic mass is 9.97. The summed E-state index contributed by atoms with van der Waals surface area (Å²) in [7, 11) is 0. The molecule has 1 aromatic heterocycles. The number of amides is 1. The van der Waals surface area contributed by atoms with Crippen LogP contribution in [-0.2, 0) is 0 Å². The van der Waals surface area contributed by atoms with Crippen LogP contribution in [0, 0.1) is 10.1 Å². The Morgan fingerprint density at radius 2 is 1.96 bits per heavy atom. The number of hydrogen-bond acceptors (Lipinski definition) is 6. The fourth-order valence-electron chi connectivity index (χ4n) is 2.59. The summed E-state index contributed by atoms with van der Waals surface area (Å²) in [4.78, 5) is 22.6. The lowest BCUT2D eigenvalue weighted by Crippen LogP contribution is -2.11. The average Bonchev–Trinajstić information content (AvgIpc) is 3.11. The number of non-ortho nitro benzene ring substituents is 1. The Bertz CT molecular complexity index is 927. The van der Waals surface area contributed by atoms with E-state index in [1.54, 1.807) is 0 Å². The van der Waals surface area contributed by atoms with Gasteiger partial charge in [-0.25, -0.2) is 0 Å². The Balaban J connectivity index is 1.77. The summed E-state index contributed by atoms with van der Waals surface area (Å²) in [6.07, 6.45) is 0.859. The van der Waals surface area contributed by atoms with Gasteiger partial charge in [-0.3, -0.25) is 20.2 Å². The van der Waals surface area contributed by atoms with Crippen molar-refractivity contribution >= 4 is 28.1 Å². The summed E-state index contributed by atoms with van der Waals surface area (Å²) < 4.78 is 0. The van der Waals surface area contributed by atoms with Crippen LogP contribution in [-0.4, -0.2) is 21.0 Å². The molecule has 8 heteroatoms. The first kappa shape index (κ1) is 17.7. The van der Waals surface area contributed by atoms with Gasteiger partial charge in [0.1, 0.15) is 5.01 Å². The second kappa shape index (κ2) is 7.83. The van der Waals surface area contributed by atoms with Gasteiger partial charge in [-0.1, -0.05) is 54.7 Å². The molecule has 0 aliphatic rings. The zero-order chi connectivity index (χ0) is 18.5. The van der Waals surface area contributed by atoms with Crippen LogP contribution in [0.3, 0.4) is 0 Å². The molecule has 0 aliphatic carbocycles. The first-order chi connectivity index (χ1) is 12.6. The van der Waals surface area contributed by atoms with Crippen LogP contribution in [0.1, 0.15) is 40.2 Å². The first-order valence-corrected chi connectivity index (χ1v) is 8.84. The van der Waals surface area contributed by atoms with Crippen molar-refractivity contribution in [3.8, 4) is 0 Å². The van der Waals surface area contributed by atoms with Gasteiger partial charge < -0.3 is 0 Å². The molecule has 0 bridgehead atoms. The highest BCUT2D eigenvalue weighted by Gasteiger charge is 2.19. The van der Waals surface area contributed by atoms with Crippen LogP contribution in [0.15, 0.2) is 54.6 Å². The smallest absolute Gasteiger partial charge is 0.270 e. The van der Waals surface area contributed by atoms with Crippen molar-refractivity contribution in [2.45, 2.75) is 19.3 Å². The van der Waals surface area contributed by atoms with E-state index in [4.69, 9.17) is 0 Å². The summed E-state index contributed by atoms with van der Waals surface area (Å²) in [5.74, 6) is -0.346. The van der Waals surface area contributed by atoms with E-state index in [0.29, 0.717) is 5.13 Å². The van der Waals surface area contributed by atoms with Crippen molar-refractivity contribution in [2.24, 2.45) is 0 Å². The first-order valence-electron chi connectivity index (χ1n) is 8.02. The maximum absolute atomic E-state index is 12.3. The number of carbonyl (C=O) groups is 1. The van der Waals surface area contributed by atoms with Gasteiger partial charge in [-0.05, 0) is 18.1 Å². The number of nitrogens with one attached hydrogen (secondary N) is 1. The summed E-state index contributed by atoms with van der Waals surface area (Å²) in [5, 5.41) is 22.9. The summed E-state index contributed by atoms with van der Waals surface area (Å²) in [6.45, 7) is 2.07. The highest BCUT2D eigenvalue weighted by atomic mass is 32.1. The molecule has 1 atom stereocenters. The highest BCUT2D eigenvalue weighted by Crippen LogP contribution is 2.31. The van der Waals surface area contributed by atoms with Crippen LogP contribution >= 0.6 is 11.3 Å². The molecular formula is C18H16N4O3S. The molecule has 0 saturated carbocycles. The van der Waals surface area contributed by atoms with Crippen molar-refractivity contribution in [3.05, 3.63) is 80.8 Å². The molecule has 0 radical (unpaired) electrons. The number of hydrogen-bond donors (Lipinski definition) is 1. The fraction of sp³-hybridized carbons (Fsp3) is 0.167. The third-order valence-corrected chi connectivity index (χ3v) is 4.84. The minimum absolute atomic E-state index is 0.108. The molecule has 1 amide bonds. The van der Waals surface area contributed by atoms with Gasteiger partial charge in [-0.15, -0.1) is 10.2 Å². The van der Waals surface area contributed by atoms with Crippen molar-refractivity contribution < 1.29 is 9.72 Å². The predicted molar refractivity (Wildman–Crippen MR) is 99.5 cm³/mol. The Labute approximate surface area is 153 Å². The van der Waals surface area contributed by atoms with E-state index in [2.05, 4.69) is 22.4 Å². The molecule has 26 heavy (non-hydrogen) atoms. The van der Waals surface area contributed by atoms with E-state index in [1.165, 1.54) is 35.6 Å². The number of carbonyl (C=O) groups excluding carboxylic acids is 1. The van der Waals surface area contributed by atoms with Crippen molar-refractivity contribution in [1.82, 2.24) is 10.2 Å². The second-order valence-corrected chi connectivity index (χ2v) is 6.59. The standard InChI is InChI=1S/C18H16N4O3S/c1-2-15(12-7-4-3-5-8-12)17-20-21-18(26-17)19-16(23)13-9-6-10-14(11-13)22(24)25/h3-11,15H,2H2,1H3,(H,19,21,23). The average molecular weight is 368 g/mol. The van der Waals surface area contributed by atoms with Crippen molar-refractivity contribution in [2.75, 3.05) is 5.32 Å². The van der Waals surface area contributed by atoms with Crippen LogP contribution in [0.25, 0.3) is 0 Å². The quantitative estimate of drug-likeness (QED) is 0.518. The van der Waals surface area contributed by atoms with Gasteiger partial charge in [0, 0.05) is 23.6 Å². The number of benzene rings is 2. The Hall–Kier alpha value is -3.13. The largest absolute Gasteiger partial charge is 0.296 e. The topological polar surface area (TPSA) is 98.0 Å². The highest BCUT2D eigenvalue weighted by molar-refractivity contribution is 7.15. The number of nitrogens with zero attached hydrogens (tertiary/aromatic N) is 3. The molecule has 1 N–H and O–H groups in total. The van der Waals surface area contributed by atoms with Gasteiger partial charge in [0.05, 0.1) is 4.92 Å². The van der Waals surface area contributed by atoms with Gasteiger partial charge in [0.25, 0.3) is 11.6 Å². The van der Waals surface area contributed by atoms with E-state index in [0.717, 1.165) is 17.0 Å². The normalized spacial score (nSPS) is 11.7. The molecule has 0 spiro atoms. The second-order valence-electron chi connectivity index (χ2n) is 5.58. The predicted octanol–water partition coefficient (Wildman–Crippen LogP) is 4.24. The maximum Gasteiger partial charge on any atom is 0.270 e. The molecule has 7 nitrogen and oxygen atoms in total. The molecule has 3 aromatic rings. The number of rotatable bonds is 6. The number of nitro benzene ring substituents is 1. The summed E-state index contributed by atoms with van der Waals surface area (Å²) in [5.41, 5.74) is 1.21. The van der Waals surface area contributed by atoms with E-state index in [-0.39, 0.29) is 17.2 Å². The zero-order valence-electron chi connectivity index (χ0n) is 14.0. The third-order valence-electron chi connectivity index (χ3n) is 3.89. The van der Waals surface area contributed by atoms with E-state index >= 15 is 0 Å². The van der Waals surface area contributed by atoms with Gasteiger partial charge in [0.15, 0.2) is 0 Å². The van der Waals surface area contributed by atoms with Crippen molar-refractivity contribution in [1.29, 1.82) is 0 Å². The summed E-state index contributed by atoms with van der Waals surface area (Å²) in [6, 6.07) is 15.6. The molecule has 0 fully saturated rings. The molecule has 132 valence electrons. The lowest BCUT2D eigenvalue weighted by Gasteiger charge is -2.10. The SMILES string of the molecule is CCC(c1ccccc1)c1nnc(NC(=O)c2cccc([N+](=O)[O-])c2)s1. The van der Waals surface area contributed by atoms with Crippen LogP contribution in [0.2, 0.25) is 0 Å². The Kier molecular flexibility index (Phi) is 5.33. The number of nitro groups is 1. The van der Waals surface area contributed by atoms with Gasteiger partial charge >= 0.3 is 0 Å². The van der Waals surface area contributed by atoms with Gasteiger partial charge in [0.2, 0.25) is 5.13 Å². The van der Waals surface area contributed by atoms with Crippen LogP contribution in [0.5, 0.6) is 0 Å². The maximum atomic E-state index is 12.3. The molecule has 3 rings (SSSR count). The van der Waals surface area contributed by atoms with Gasteiger partial charge in [-0.2, -0.15) is 0 Å². The zero-order valence-corrected chi connectivity index (χ0v) is 14.8. The minimum Gasteiger partial charge on any atom is -0.296 e. The Morgan fingerprint density at radius 3 is 2.65 bits per heavy atom. The van der Waals surface area contributed by atoms with E-state index < -0.39 is 10.8 Å². The molecule has 2 aromatic carbocycles. The number of aromatic nitrogens is 2. The number of anilines is 1. The molecule has 1 unspecified atom stereocenters. The van der Waals surface area contributed by atoms with Crippen LogP contribution < -0.4 is 5.32 Å². The molecular weight excluding hydrogens is 352 g/mol. The minimum atomic E-state index is -0.536. The Morgan fingerprint density at radius 1 is 1.19 bits per heavy atom. The molecule has 1 heterocycles. The fourth-order valence-corrected chi connectivity index (χ4v) is 3.54. The lowest BCUT2D eigenvalue weighted by molar-refractivity contribution is -0.384.